The number of methoxy groups -OCH3 is 1. The summed E-state index contributed by atoms with van der Waals surface area (Å²) in [5, 5.41) is 7.13. The molecular formula is C15H24N4O3. The fourth-order valence-corrected chi connectivity index (χ4v) is 3.14. The highest BCUT2D eigenvalue weighted by atomic mass is 16.5. The Balaban J connectivity index is 2.10. The molecule has 1 saturated carbocycles. The van der Waals surface area contributed by atoms with Gasteiger partial charge >= 0.3 is 0 Å². The van der Waals surface area contributed by atoms with Crippen molar-refractivity contribution in [2.24, 2.45) is 13.0 Å². The van der Waals surface area contributed by atoms with Crippen LogP contribution in [0.3, 0.4) is 0 Å². The molecule has 3 atom stereocenters. The first-order chi connectivity index (χ1) is 10.3. The average Bonchev–Trinajstić information content (AvgIpc) is 3.01. The highest BCUT2D eigenvalue weighted by molar-refractivity contribution is 5.93. The number of rotatable bonds is 4. The molecule has 2 amide bonds. The summed E-state index contributed by atoms with van der Waals surface area (Å²) in [6, 6.07) is -0.0618. The number of hydrogen-bond acceptors (Lipinski definition) is 4. The zero-order valence-electron chi connectivity index (χ0n) is 13.8. The molecular weight excluding hydrogens is 284 g/mol. The molecule has 1 aromatic heterocycles. The summed E-state index contributed by atoms with van der Waals surface area (Å²) in [6.07, 6.45) is 2.96. The number of ether oxygens (including phenoxy) is 1. The van der Waals surface area contributed by atoms with Crippen molar-refractivity contribution in [1.82, 2.24) is 14.7 Å². The third-order valence-electron chi connectivity index (χ3n) is 4.42. The first kappa shape index (κ1) is 16.5. The summed E-state index contributed by atoms with van der Waals surface area (Å²) in [5.74, 6) is -0.366. The van der Waals surface area contributed by atoms with E-state index >= 15 is 0 Å². The monoisotopic (exact) mass is 308 g/mol. The summed E-state index contributed by atoms with van der Waals surface area (Å²) in [4.78, 5) is 25.8. The summed E-state index contributed by atoms with van der Waals surface area (Å²) >= 11 is 0. The molecule has 22 heavy (non-hydrogen) atoms. The van der Waals surface area contributed by atoms with E-state index in [1.807, 2.05) is 14.0 Å². The molecule has 0 aliphatic heterocycles. The van der Waals surface area contributed by atoms with Gasteiger partial charge in [0.25, 0.3) is 0 Å². The van der Waals surface area contributed by atoms with Crippen molar-refractivity contribution in [3.05, 3.63) is 11.9 Å². The SMILES string of the molecule is CO[C@@H]1[C@H](N(C)C(C)=O)CC[C@H]1C(=O)Nc1cn(C)nc1C. The van der Waals surface area contributed by atoms with Crippen molar-refractivity contribution >= 4 is 17.5 Å². The first-order valence-electron chi connectivity index (χ1n) is 7.42. The zero-order chi connectivity index (χ0) is 16.4. The van der Waals surface area contributed by atoms with E-state index in [-0.39, 0.29) is 29.9 Å². The van der Waals surface area contributed by atoms with Gasteiger partial charge in [-0.2, -0.15) is 5.10 Å². The summed E-state index contributed by atoms with van der Waals surface area (Å²) in [7, 11) is 5.16. The van der Waals surface area contributed by atoms with Gasteiger partial charge in [-0.05, 0) is 19.8 Å². The Kier molecular flexibility index (Phi) is 4.85. The third kappa shape index (κ3) is 3.14. The van der Waals surface area contributed by atoms with E-state index in [1.54, 1.807) is 29.9 Å². The zero-order valence-corrected chi connectivity index (χ0v) is 13.8. The molecule has 0 aromatic carbocycles. The van der Waals surface area contributed by atoms with E-state index < -0.39 is 0 Å². The van der Waals surface area contributed by atoms with Gasteiger partial charge in [0.15, 0.2) is 0 Å². The highest BCUT2D eigenvalue weighted by Crippen LogP contribution is 2.32. The number of carbonyl (C=O) groups excluding carboxylic acids is 2. The smallest absolute Gasteiger partial charge is 0.230 e. The largest absolute Gasteiger partial charge is 0.378 e. The first-order valence-corrected chi connectivity index (χ1v) is 7.42. The second-order valence-electron chi connectivity index (χ2n) is 5.87. The second kappa shape index (κ2) is 6.48. The van der Waals surface area contributed by atoms with Crippen LogP contribution in [0.1, 0.15) is 25.5 Å². The van der Waals surface area contributed by atoms with Gasteiger partial charge in [0.2, 0.25) is 11.8 Å². The molecule has 0 spiro atoms. The number of anilines is 1. The number of aromatic nitrogens is 2. The lowest BCUT2D eigenvalue weighted by Gasteiger charge is -2.29. The van der Waals surface area contributed by atoms with Crippen molar-refractivity contribution in [1.29, 1.82) is 0 Å². The fourth-order valence-electron chi connectivity index (χ4n) is 3.14. The van der Waals surface area contributed by atoms with E-state index in [1.165, 1.54) is 6.92 Å². The minimum absolute atomic E-state index is 0.0174. The van der Waals surface area contributed by atoms with Crippen LogP contribution >= 0.6 is 0 Å². The highest BCUT2D eigenvalue weighted by Gasteiger charge is 2.43. The number of amides is 2. The van der Waals surface area contributed by atoms with Crippen LogP contribution in [0, 0.1) is 12.8 Å². The number of nitrogens with zero attached hydrogens (tertiary/aromatic N) is 3. The standard InChI is InChI=1S/C15H24N4O3/c1-9-12(8-18(3)17-9)16-15(21)11-6-7-13(14(11)22-5)19(4)10(2)20/h8,11,13-14H,6-7H2,1-5H3,(H,16,21)/t11-,13-,14+/m1/s1. The second-order valence-corrected chi connectivity index (χ2v) is 5.87. The maximum atomic E-state index is 12.6. The van der Waals surface area contributed by atoms with Crippen molar-refractivity contribution in [2.75, 3.05) is 19.5 Å². The Morgan fingerprint density at radius 1 is 1.45 bits per heavy atom. The van der Waals surface area contributed by atoms with Crippen LogP contribution < -0.4 is 5.32 Å². The molecule has 7 heteroatoms. The normalized spacial score (nSPS) is 24.3. The van der Waals surface area contributed by atoms with Crippen LogP contribution in [0.15, 0.2) is 6.20 Å². The predicted molar refractivity (Wildman–Crippen MR) is 82.3 cm³/mol. The molecule has 2 rings (SSSR count). The Morgan fingerprint density at radius 3 is 2.64 bits per heavy atom. The van der Waals surface area contributed by atoms with Gasteiger partial charge in [0.1, 0.15) is 0 Å². The van der Waals surface area contributed by atoms with E-state index in [4.69, 9.17) is 4.74 Å². The summed E-state index contributed by atoms with van der Waals surface area (Å²) in [5.41, 5.74) is 1.49. The molecule has 1 heterocycles. The number of carbonyl (C=O) groups is 2. The molecule has 1 aliphatic rings. The summed E-state index contributed by atoms with van der Waals surface area (Å²) in [6.45, 7) is 3.38. The average molecular weight is 308 g/mol. The lowest BCUT2D eigenvalue weighted by Crippen LogP contribution is -2.45. The van der Waals surface area contributed by atoms with Gasteiger partial charge in [-0.1, -0.05) is 0 Å². The van der Waals surface area contributed by atoms with E-state index in [2.05, 4.69) is 10.4 Å². The quantitative estimate of drug-likeness (QED) is 0.898. The molecule has 0 unspecified atom stereocenters. The number of nitrogens with one attached hydrogen (secondary N) is 1. The lowest BCUT2D eigenvalue weighted by molar-refractivity contribution is -0.134. The molecule has 1 N–H and O–H groups in total. The van der Waals surface area contributed by atoms with Gasteiger partial charge < -0.3 is 15.0 Å². The van der Waals surface area contributed by atoms with Crippen LogP contribution in [0.25, 0.3) is 0 Å². The molecule has 122 valence electrons. The molecule has 1 aromatic rings. The third-order valence-corrected chi connectivity index (χ3v) is 4.42. The minimum Gasteiger partial charge on any atom is -0.378 e. The van der Waals surface area contributed by atoms with Gasteiger partial charge in [0.05, 0.1) is 29.4 Å². The van der Waals surface area contributed by atoms with Crippen LogP contribution in [0.5, 0.6) is 0 Å². The van der Waals surface area contributed by atoms with Crippen LogP contribution in [-0.4, -0.2) is 52.8 Å². The van der Waals surface area contributed by atoms with E-state index in [0.29, 0.717) is 12.1 Å². The number of hydrogen-bond donors (Lipinski definition) is 1. The number of likely N-dealkylation sites (N-methyl/N-ethyl adjacent to an activating group) is 1. The molecule has 1 fully saturated rings. The topological polar surface area (TPSA) is 76.5 Å². The Morgan fingerprint density at radius 2 is 2.14 bits per heavy atom. The molecule has 0 radical (unpaired) electrons. The lowest BCUT2D eigenvalue weighted by atomic mass is 10.0. The van der Waals surface area contributed by atoms with Crippen LogP contribution in [0.2, 0.25) is 0 Å². The van der Waals surface area contributed by atoms with Crippen molar-refractivity contribution in [3.63, 3.8) is 0 Å². The van der Waals surface area contributed by atoms with Crippen molar-refractivity contribution < 1.29 is 14.3 Å². The van der Waals surface area contributed by atoms with E-state index in [0.717, 1.165) is 12.1 Å². The minimum atomic E-state index is -0.286. The van der Waals surface area contributed by atoms with Gasteiger partial charge in [0, 0.05) is 34.3 Å². The molecule has 1 aliphatic carbocycles. The van der Waals surface area contributed by atoms with E-state index in [9.17, 15) is 9.59 Å². The molecule has 0 saturated heterocycles. The Hall–Kier alpha value is -1.89. The number of aryl methyl sites for hydroxylation is 2. The Labute approximate surface area is 130 Å². The van der Waals surface area contributed by atoms with Crippen LogP contribution in [0.4, 0.5) is 5.69 Å². The maximum Gasteiger partial charge on any atom is 0.230 e. The predicted octanol–water partition coefficient (Wildman–Crippen LogP) is 0.939. The molecule has 7 nitrogen and oxygen atoms in total. The van der Waals surface area contributed by atoms with Gasteiger partial charge in [-0.15, -0.1) is 0 Å². The Bertz CT molecular complexity index is 569. The maximum absolute atomic E-state index is 12.6. The van der Waals surface area contributed by atoms with Crippen molar-refractivity contribution in [2.45, 2.75) is 38.8 Å². The van der Waals surface area contributed by atoms with Gasteiger partial charge in [-0.25, -0.2) is 0 Å². The molecule has 0 bridgehead atoms. The fraction of sp³-hybridized carbons (Fsp3) is 0.667. The van der Waals surface area contributed by atoms with Gasteiger partial charge in [-0.3, -0.25) is 14.3 Å². The van der Waals surface area contributed by atoms with Crippen LogP contribution in [-0.2, 0) is 21.4 Å². The van der Waals surface area contributed by atoms with Crippen molar-refractivity contribution in [3.8, 4) is 0 Å². The summed E-state index contributed by atoms with van der Waals surface area (Å²) < 4.78 is 7.19.